The van der Waals surface area contributed by atoms with E-state index in [0.29, 0.717) is 12.8 Å². The molecule has 0 heterocycles. The van der Waals surface area contributed by atoms with E-state index in [1.54, 1.807) is 0 Å². The summed E-state index contributed by atoms with van der Waals surface area (Å²) in [5.74, 6) is -0.932. The van der Waals surface area contributed by atoms with Gasteiger partial charge in [-0.1, -0.05) is 135 Å². The van der Waals surface area contributed by atoms with Gasteiger partial charge in [-0.25, -0.2) is 4.57 Å². The van der Waals surface area contributed by atoms with E-state index in [-0.39, 0.29) is 19.4 Å². The molecule has 0 aromatic carbocycles. The second-order valence-electron chi connectivity index (χ2n) is 12.6. The summed E-state index contributed by atoms with van der Waals surface area (Å²) in [5.41, 5.74) is 0. The summed E-state index contributed by atoms with van der Waals surface area (Å²) in [5, 5.41) is 18.2. The number of allylic oxidation sites excluding steroid dienone is 2. The van der Waals surface area contributed by atoms with Gasteiger partial charge in [-0.2, -0.15) is 0 Å². The third kappa shape index (κ3) is 33.0. The van der Waals surface area contributed by atoms with Crippen LogP contribution in [-0.2, 0) is 32.7 Å². The minimum absolute atomic E-state index is 0.177. The molecular weight excluding hydrogens is 623 g/mol. The lowest BCUT2D eigenvalue weighted by Gasteiger charge is -2.20. The maximum Gasteiger partial charge on any atom is 0.472 e. The van der Waals surface area contributed by atoms with Gasteiger partial charge in [-0.05, 0) is 32.1 Å². The Bertz CT molecular complexity index is 807. The van der Waals surface area contributed by atoms with Gasteiger partial charge in [-0.3, -0.25) is 18.6 Å². The van der Waals surface area contributed by atoms with Crippen molar-refractivity contribution in [1.29, 1.82) is 0 Å². The fourth-order valence-corrected chi connectivity index (χ4v) is 5.76. The molecule has 0 aromatic rings. The molecule has 3 atom stereocenters. The van der Waals surface area contributed by atoms with Gasteiger partial charge < -0.3 is 24.6 Å². The normalized spacial score (nSPS) is 14.2. The monoisotopic (exact) mass is 692 g/mol. The van der Waals surface area contributed by atoms with E-state index in [2.05, 4.69) is 30.5 Å². The summed E-state index contributed by atoms with van der Waals surface area (Å²) < 4.78 is 32.5. The molecule has 0 aromatic heterocycles. The number of aliphatic hydroxyl groups is 2. The van der Waals surface area contributed by atoms with Crippen LogP contribution in [0.25, 0.3) is 0 Å². The lowest BCUT2D eigenvalue weighted by Crippen LogP contribution is -2.29. The largest absolute Gasteiger partial charge is 0.472 e. The minimum atomic E-state index is -4.60. The zero-order valence-corrected chi connectivity index (χ0v) is 30.6. The lowest BCUT2D eigenvalue weighted by atomic mass is 10.0. The number of phosphoric ester groups is 1. The van der Waals surface area contributed by atoms with Crippen molar-refractivity contribution in [2.24, 2.45) is 0 Å². The molecule has 0 amide bonds. The highest BCUT2D eigenvalue weighted by Gasteiger charge is 2.27. The molecule has 0 radical (unpaired) electrons. The molecule has 278 valence electrons. The van der Waals surface area contributed by atoms with Crippen LogP contribution in [0.2, 0.25) is 0 Å². The van der Waals surface area contributed by atoms with Gasteiger partial charge in [0.05, 0.1) is 19.8 Å². The Morgan fingerprint density at radius 2 is 1.06 bits per heavy atom. The highest BCUT2D eigenvalue weighted by Crippen LogP contribution is 2.43. The van der Waals surface area contributed by atoms with Crippen LogP contribution in [0.1, 0.15) is 168 Å². The van der Waals surface area contributed by atoms with Crippen LogP contribution in [0.3, 0.4) is 0 Å². The first-order valence-electron chi connectivity index (χ1n) is 18.6. The van der Waals surface area contributed by atoms with Crippen LogP contribution in [0, 0.1) is 0 Å². The topological polar surface area (TPSA) is 149 Å². The number of carbonyl (C=O) groups is 2. The summed E-state index contributed by atoms with van der Waals surface area (Å²) in [6.45, 7) is 2.32. The van der Waals surface area contributed by atoms with Crippen molar-refractivity contribution in [3.63, 3.8) is 0 Å². The van der Waals surface area contributed by atoms with Gasteiger partial charge in [-0.15, -0.1) is 0 Å². The van der Waals surface area contributed by atoms with Crippen molar-refractivity contribution in [1.82, 2.24) is 0 Å². The summed E-state index contributed by atoms with van der Waals surface area (Å²) in [6.07, 6.45) is 27.6. The summed E-state index contributed by atoms with van der Waals surface area (Å²) in [7, 11) is -4.60. The Morgan fingerprint density at radius 3 is 1.60 bits per heavy atom. The number of ether oxygens (including phenoxy) is 2. The minimum Gasteiger partial charge on any atom is -0.462 e. The molecule has 3 N–H and O–H groups in total. The Balaban J connectivity index is 4.37. The van der Waals surface area contributed by atoms with Crippen molar-refractivity contribution < 1.29 is 47.8 Å². The van der Waals surface area contributed by atoms with Gasteiger partial charge in [0, 0.05) is 12.8 Å². The van der Waals surface area contributed by atoms with E-state index >= 15 is 0 Å². The Kier molecular flexibility index (Phi) is 32.3. The van der Waals surface area contributed by atoms with Gasteiger partial charge in [0.25, 0.3) is 0 Å². The maximum atomic E-state index is 12.5. The molecule has 0 saturated heterocycles. The second kappa shape index (κ2) is 33.2. The number of aliphatic hydroxyl groups excluding tert-OH is 2. The van der Waals surface area contributed by atoms with E-state index in [9.17, 15) is 24.2 Å². The van der Waals surface area contributed by atoms with Crippen LogP contribution < -0.4 is 0 Å². The van der Waals surface area contributed by atoms with Crippen molar-refractivity contribution in [3.8, 4) is 0 Å². The molecule has 0 aliphatic rings. The Morgan fingerprint density at radius 1 is 0.617 bits per heavy atom. The zero-order valence-electron chi connectivity index (χ0n) is 29.8. The van der Waals surface area contributed by atoms with Crippen LogP contribution >= 0.6 is 7.82 Å². The second-order valence-corrected chi connectivity index (χ2v) is 14.1. The molecule has 11 heteroatoms. The van der Waals surface area contributed by atoms with Crippen molar-refractivity contribution in [2.75, 3.05) is 26.4 Å². The summed E-state index contributed by atoms with van der Waals surface area (Å²) >= 11 is 0. The number of hydrogen-bond acceptors (Lipinski definition) is 9. The van der Waals surface area contributed by atoms with E-state index < -0.39 is 51.8 Å². The van der Waals surface area contributed by atoms with Crippen molar-refractivity contribution in [2.45, 2.75) is 180 Å². The predicted octanol–water partition coefficient (Wildman–Crippen LogP) is 8.89. The average molecular weight is 693 g/mol. The number of hydrogen-bond donors (Lipinski definition) is 3. The molecule has 10 nitrogen and oxygen atoms in total. The molecule has 0 bridgehead atoms. The van der Waals surface area contributed by atoms with Crippen molar-refractivity contribution in [3.05, 3.63) is 12.2 Å². The molecule has 0 saturated carbocycles. The van der Waals surface area contributed by atoms with Crippen LogP contribution in [-0.4, -0.2) is 65.7 Å². The molecule has 0 fully saturated rings. The van der Waals surface area contributed by atoms with Crippen molar-refractivity contribution >= 4 is 19.8 Å². The summed E-state index contributed by atoms with van der Waals surface area (Å²) in [6, 6.07) is 0. The van der Waals surface area contributed by atoms with Crippen LogP contribution in [0.5, 0.6) is 0 Å². The number of carbonyl (C=O) groups excluding carboxylic acids is 2. The average Bonchev–Trinajstić information content (AvgIpc) is 3.05. The van der Waals surface area contributed by atoms with Gasteiger partial charge >= 0.3 is 19.8 Å². The molecule has 47 heavy (non-hydrogen) atoms. The van der Waals surface area contributed by atoms with E-state index in [0.717, 1.165) is 57.8 Å². The highest BCUT2D eigenvalue weighted by atomic mass is 31.2. The van der Waals surface area contributed by atoms with E-state index in [1.807, 2.05) is 0 Å². The lowest BCUT2D eigenvalue weighted by molar-refractivity contribution is -0.161. The van der Waals surface area contributed by atoms with E-state index in [1.165, 1.54) is 70.6 Å². The van der Waals surface area contributed by atoms with Crippen LogP contribution in [0.4, 0.5) is 0 Å². The third-order valence-corrected chi connectivity index (χ3v) is 8.87. The van der Waals surface area contributed by atoms with Gasteiger partial charge in [0.15, 0.2) is 6.10 Å². The molecule has 0 aliphatic carbocycles. The van der Waals surface area contributed by atoms with E-state index in [4.69, 9.17) is 19.1 Å². The first kappa shape index (κ1) is 45.7. The number of unbranched alkanes of at least 4 members (excludes halogenated alkanes) is 19. The zero-order chi connectivity index (χ0) is 34.9. The predicted molar refractivity (Wildman–Crippen MR) is 187 cm³/mol. The fraction of sp³-hybridized carbons (Fsp3) is 0.889. The quantitative estimate of drug-likeness (QED) is 0.0254. The van der Waals surface area contributed by atoms with Gasteiger partial charge in [0.1, 0.15) is 12.7 Å². The highest BCUT2D eigenvalue weighted by molar-refractivity contribution is 7.47. The SMILES string of the molecule is CCCC/C=C/CCCCCCCC(=O)O[C@H](COC(=O)CCCCCCCCCCCCCCC)COP(=O)(O)OC[C@@H](O)CO. The fourth-order valence-electron chi connectivity index (χ4n) is 4.97. The van der Waals surface area contributed by atoms with Gasteiger partial charge in [0.2, 0.25) is 0 Å². The van der Waals surface area contributed by atoms with Crippen LogP contribution in [0.15, 0.2) is 12.2 Å². The molecule has 0 spiro atoms. The number of phosphoric acid groups is 1. The summed E-state index contributed by atoms with van der Waals surface area (Å²) in [4.78, 5) is 34.7. The molecule has 1 unspecified atom stereocenters. The maximum absolute atomic E-state index is 12.5. The molecular formula is C36H69O10P. The first-order chi connectivity index (χ1) is 22.7. The Hall–Kier alpha value is -1.29. The Labute approximate surface area is 286 Å². The number of rotatable bonds is 35. The first-order valence-corrected chi connectivity index (χ1v) is 20.1. The molecule has 0 aliphatic heterocycles. The number of esters is 2. The molecule has 0 rings (SSSR count). The standard InChI is InChI=1S/C36H69O10P/c1-3-5-7-9-11-13-15-16-18-19-21-23-25-27-35(39)43-31-34(32-45-47(41,42)44-30-33(38)29-37)46-36(40)28-26-24-22-20-17-14-12-10-8-6-4-2/h10,12,33-34,37-38H,3-9,11,13-32H2,1-2H3,(H,41,42)/b12-10+/t33-,34+/m0/s1. The third-order valence-electron chi connectivity index (χ3n) is 7.92. The smallest absolute Gasteiger partial charge is 0.462 e.